The molecular formula is C9H9BrClNO3S. The third-order valence-corrected chi connectivity index (χ3v) is 3.92. The molecule has 1 rings (SSSR count). The van der Waals surface area contributed by atoms with E-state index in [1.807, 2.05) is 4.72 Å². The van der Waals surface area contributed by atoms with Crippen LogP contribution < -0.4 is 4.72 Å². The average Bonchev–Trinajstić information content (AvgIpc) is 2.07. The van der Waals surface area contributed by atoms with Gasteiger partial charge in [-0.05, 0) is 17.7 Å². The van der Waals surface area contributed by atoms with Crippen molar-refractivity contribution in [2.24, 2.45) is 0 Å². The Morgan fingerprint density at radius 3 is 2.62 bits per heavy atom. The summed E-state index contributed by atoms with van der Waals surface area (Å²) >= 11 is 8.93. The molecule has 88 valence electrons. The molecule has 0 heterocycles. The Bertz CT molecular complexity index is 515. The maximum Gasteiger partial charge on any atom is 0.239 e. The summed E-state index contributed by atoms with van der Waals surface area (Å²) in [6.07, 6.45) is 0. The van der Waals surface area contributed by atoms with E-state index in [1.165, 1.54) is 0 Å². The third-order valence-electron chi connectivity index (χ3n) is 1.66. The molecule has 0 saturated heterocycles. The van der Waals surface area contributed by atoms with Gasteiger partial charge in [-0.25, -0.2) is 8.42 Å². The van der Waals surface area contributed by atoms with E-state index >= 15 is 0 Å². The van der Waals surface area contributed by atoms with E-state index in [0.29, 0.717) is 15.1 Å². The van der Waals surface area contributed by atoms with Gasteiger partial charge in [-0.3, -0.25) is 9.52 Å². The minimum Gasteiger partial charge on any atom is -0.274 e. The number of sulfonamides is 1. The lowest BCUT2D eigenvalue weighted by atomic mass is 10.2. The molecule has 0 aliphatic carbocycles. The molecule has 1 aromatic carbocycles. The standard InChI is InChI=1S/C9H9BrClNO3S/c1-6(13)12-16(14,15)5-7-2-3-8(11)4-9(7)10/h2-4H,5H2,1H3,(H,12,13). The predicted molar refractivity (Wildman–Crippen MR) is 65.6 cm³/mol. The van der Waals surface area contributed by atoms with E-state index in [9.17, 15) is 13.2 Å². The fraction of sp³-hybridized carbons (Fsp3) is 0.222. The van der Waals surface area contributed by atoms with E-state index in [-0.39, 0.29) is 5.75 Å². The first-order chi connectivity index (χ1) is 7.30. The van der Waals surface area contributed by atoms with Crippen LogP contribution in [-0.4, -0.2) is 14.3 Å². The molecule has 0 spiro atoms. The molecule has 0 atom stereocenters. The van der Waals surface area contributed by atoms with E-state index in [0.717, 1.165) is 6.92 Å². The van der Waals surface area contributed by atoms with E-state index < -0.39 is 15.9 Å². The Kier molecular flexibility index (Phi) is 4.35. The Morgan fingerprint density at radius 1 is 1.50 bits per heavy atom. The lowest BCUT2D eigenvalue weighted by molar-refractivity contribution is -0.117. The average molecular weight is 327 g/mol. The number of hydrogen-bond donors (Lipinski definition) is 1. The molecule has 0 bridgehead atoms. The zero-order valence-electron chi connectivity index (χ0n) is 8.33. The molecule has 0 aliphatic rings. The highest BCUT2D eigenvalue weighted by atomic mass is 79.9. The maximum absolute atomic E-state index is 11.5. The van der Waals surface area contributed by atoms with Crippen molar-refractivity contribution in [2.75, 3.05) is 0 Å². The Balaban J connectivity index is 2.92. The summed E-state index contributed by atoms with van der Waals surface area (Å²) in [6.45, 7) is 1.15. The van der Waals surface area contributed by atoms with Gasteiger partial charge in [-0.2, -0.15) is 0 Å². The quantitative estimate of drug-likeness (QED) is 0.925. The molecule has 1 N–H and O–H groups in total. The van der Waals surface area contributed by atoms with Crippen LogP contribution in [0.4, 0.5) is 0 Å². The highest BCUT2D eigenvalue weighted by Gasteiger charge is 2.14. The van der Waals surface area contributed by atoms with Crippen LogP contribution in [0.2, 0.25) is 5.02 Å². The van der Waals surface area contributed by atoms with Crippen LogP contribution in [0.25, 0.3) is 0 Å². The van der Waals surface area contributed by atoms with Crippen LogP contribution in [0.5, 0.6) is 0 Å². The molecule has 0 unspecified atom stereocenters. The summed E-state index contributed by atoms with van der Waals surface area (Å²) in [5.74, 6) is -0.880. The Morgan fingerprint density at radius 2 is 2.12 bits per heavy atom. The summed E-state index contributed by atoms with van der Waals surface area (Å²) in [7, 11) is -3.64. The van der Waals surface area contributed by atoms with Gasteiger partial charge < -0.3 is 0 Å². The van der Waals surface area contributed by atoms with Gasteiger partial charge in [0.1, 0.15) is 0 Å². The second-order valence-corrected chi connectivity index (χ2v) is 6.17. The minimum absolute atomic E-state index is 0.273. The van der Waals surface area contributed by atoms with Crippen molar-refractivity contribution in [1.29, 1.82) is 0 Å². The van der Waals surface area contributed by atoms with Crippen LogP contribution in [-0.2, 0) is 20.6 Å². The summed E-state index contributed by atoms with van der Waals surface area (Å²) in [5.41, 5.74) is 0.540. The fourth-order valence-electron chi connectivity index (χ4n) is 1.10. The van der Waals surface area contributed by atoms with Gasteiger partial charge in [0, 0.05) is 16.4 Å². The smallest absolute Gasteiger partial charge is 0.239 e. The molecule has 0 saturated carbocycles. The topological polar surface area (TPSA) is 63.2 Å². The van der Waals surface area contributed by atoms with Crippen LogP contribution in [0.15, 0.2) is 22.7 Å². The van der Waals surface area contributed by atoms with Gasteiger partial charge in [0.05, 0.1) is 5.75 Å². The van der Waals surface area contributed by atoms with Crippen LogP contribution in [0.3, 0.4) is 0 Å². The lowest BCUT2D eigenvalue weighted by Crippen LogP contribution is -2.29. The number of rotatable bonds is 3. The fourth-order valence-corrected chi connectivity index (χ4v) is 3.28. The number of amides is 1. The lowest BCUT2D eigenvalue weighted by Gasteiger charge is -2.06. The van der Waals surface area contributed by atoms with E-state index in [1.54, 1.807) is 18.2 Å². The monoisotopic (exact) mass is 325 g/mol. The van der Waals surface area contributed by atoms with Crippen molar-refractivity contribution in [3.05, 3.63) is 33.3 Å². The zero-order valence-corrected chi connectivity index (χ0v) is 11.5. The molecule has 1 aromatic rings. The molecule has 4 nitrogen and oxygen atoms in total. The predicted octanol–water partition coefficient (Wildman–Crippen LogP) is 2.07. The molecule has 16 heavy (non-hydrogen) atoms. The number of carbonyl (C=O) groups excluding carboxylic acids is 1. The van der Waals surface area contributed by atoms with Crippen LogP contribution >= 0.6 is 27.5 Å². The second kappa shape index (κ2) is 5.16. The second-order valence-electron chi connectivity index (χ2n) is 3.15. The van der Waals surface area contributed by atoms with Gasteiger partial charge in [0.25, 0.3) is 0 Å². The summed E-state index contributed by atoms with van der Waals surface area (Å²) in [6, 6.07) is 4.77. The summed E-state index contributed by atoms with van der Waals surface area (Å²) in [4.78, 5) is 10.7. The van der Waals surface area contributed by atoms with Crippen molar-refractivity contribution < 1.29 is 13.2 Å². The van der Waals surface area contributed by atoms with E-state index in [4.69, 9.17) is 11.6 Å². The van der Waals surface area contributed by atoms with Gasteiger partial charge in [0.15, 0.2) is 0 Å². The number of benzene rings is 1. The van der Waals surface area contributed by atoms with E-state index in [2.05, 4.69) is 15.9 Å². The maximum atomic E-state index is 11.5. The number of nitrogens with one attached hydrogen (secondary N) is 1. The molecular weight excluding hydrogens is 318 g/mol. The largest absolute Gasteiger partial charge is 0.274 e. The summed E-state index contributed by atoms with van der Waals surface area (Å²) in [5, 5.41) is 0.507. The summed E-state index contributed by atoms with van der Waals surface area (Å²) < 4.78 is 25.4. The highest BCUT2D eigenvalue weighted by molar-refractivity contribution is 9.10. The van der Waals surface area contributed by atoms with Crippen molar-refractivity contribution in [3.8, 4) is 0 Å². The van der Waals surface area contributed by atoms with Crippen LogP contribution in [0, 0.1) is 0 Å². The Hall–Kier alpha value is -0.590. The van der Waals surface area contributed by atoms with Gasteiger partial charge in [0.2, 0.25) is 15.9 Å². The number of carbonyl (C=O) groups is 1. The third kappa shape index (κ3) is 4.11. The highest BCUT2D eigenvalue weighted by Crippen LogP contribution is 2.22. The van der Waals surface area contributed by atoms with Crippen molar-refractivity contribution in [3.63, 3.8) is 0 Å². The van der Waals surface area contributed by atoms with Gasteiger partial charge in [-0.1, -0.05) is 33.6 Å². The molecule has 7 heteroatoms. The van der Waals surface area contributed by atoms with Crippen LogP contribution in [0.1, 0.15) is 12.5 Å². The Labute approximate surface area is 107 Å². The van der Waals surface area contributed by atoms with Crippen molar-refractivity contribution in [2.45, 2.75) is 12.7 Å². The molecule has 1 amide bonds. The van der Waals surface area contributed by atoms with Crippen molar-refractivity contribution in [1.82, 2.24) is 4.72 Å². The number of hydrogen-bond acceptors (Lipinski definition) is 3. The molecule has 0 aromatic heterocycles. The normalized spacial score (nSPS) is 11.2. The molecule has 0 radical (unpaired) electrons. The first-order valence-corrected chi connectivity index (χ1v) is 7.07. The SMILES string of the molecule is CC(=O)NS(=O)(=O)Cc1ccc(Cl)cc1Br. The zero-order chi connectivity index (χ0) is 12.3. The molecule has 0 aliphatic heterocycles. The van der Waals surface area contributed by atoms with Gasteiger partial charge in [-0.15, -0.1) is 0 Å². The van der Waals surface area contributed by atoms with Crippen molar-refractivity contribution >= 4 is 43.5 Å². The first-order valence-electron chi connectivity index (χ1n) is 4.25. The van der Waals surface area contributed by atoms with Gasteiger partial charge >= 0.3 is 0 Å². The molecule has 0 fully saturated rings. The first kappa shape index (κ1) is 13.5. The minimum atomic E-state index is -3.64. The number of halogens is 2.